The Bertz CT molecular complexity index is 748. The van der Waals surface area contributed by atoms with Gasteiger partial charge in [-0.2, -0.15) is 18.4 Å². The van der Waals surface area contributed by atoms with Crippen molar-refractivity contribution in [1.29, 1.82) is 5.26 Å². The first-order chi connectivity index (χ1) is 10.1. The van der Waals surface area contributed by atoms with Crippen molar-refractivity contribution >= 4 is 48.1 Å². The average molecular weight is 438 g/mol. The highest BCUT2D eigenvalue weighted by Crippen LogP contribution is 2.43. The van der Waals surface area contributed by atoms with Gasteiger partial charge in [0.1, 0.15) is 4.62 Å². The van der Waals surface area contributed by atoms with E-state index in [9.17, 15) is 28.3 Å². The summed E-state index contributed by atoms with van der Waals surface area (Å²) in [6, 6.07) is 5.71. The maximum absolute atomic E-state index is 12.5. The summed E-state index contributed by atoms with van der Waals surface area (Å²) in [4.78, 5) is 15.3. The van der Waals surface area contributed by atoms with Crippen molar-refractivity contribution in [3.63, 3.8) is 0 Å². The third-order valence-electron chi connectivity index (χ3n) is 2.97. The van der Waals surface area contributed by atoms with Crippen LogP contribution in [0.4, 0.5) is 13.2 Å². The van der Waals surface area contributed by atoms with Crippen LogP contribution in [0.5, 0.6) is 0 Å². The molecule has 0 aliphatic carbocycles. The Kier molecular flexibility index (Phi) is 4.19. The fourth-order valence-corrected chi connectivity index (χ4v) is 2.76. The molecule has 22 heavy (non-hydrogen) atoms. The van der Waals surface area contributed by atoms with Crippen molar-refractivity contribution in [2.75, 3.05) is 0 Å². The summed E-state index contributed by atoms with van der Waals surface area (Å²) in [7, 11) is 0. The van der Waals surface area contributed by atoms with Gasteiger partial charge in [-0.25, -0.2) is 9.79 Å². The van der Waals surface area contributed by atoms with Crippen LogP contribution in [-0.2, 0) is 11.0 Å². The van der Waals surface area contributed by atoms with Gasteiger partial charge >= 0.3 is 12.1 Å². The monoisotopic (exact) mass is 436 g/mol. The molecule has 0 saturated heterocycles. The van der Waals surface area contributed by atoms with Crippen LogP contribution in [0.2, 0.25) is 0 Å². The van der Waals surface area contributed by atoms with E-state index in [1.165, 1.54) is 0 Å². The van der Waals surface area contributed by atoms with Gasteiger partial charge in [0.05, 0.1) is 22.9 Å². The summed E-state index contributed by atoms with van der Waals surface area (Å²) < 4.78 is 35.7. The zero-order valence-corrected chi connectivity index (χ0v) is 13.6. The van der Waals surface area contributed by atoms with Crippen LogP contribution in [0.3, 0.4) is 0 Å². The Balaban J connectivity index is 2.57. The van der Waals surface area contributed by atoms with Crippen LogP contribution in [0.1, 0.15) is 11.1 Å². The molecule has 4 nitrogen and oxygen atoms in total. The number of alkyl halides is 4. The van der Waals surface area contributed by atoms with Crippen molar-refractivity contribution in [2.24, 2.45) is 4.99 Å². The molecule has 0 aromatic heterocycles. The van der Waals surface area contributed by atoms with Crippen LogP contribution >= 0.6 is 31.9 Å². The van der Waals surface area contributed by atoms with Gasteiger partial charge in [-0.3, -0.25) is 0 Å². The second-order valence-corrected chi connectivity index (χ2v) is 6.22. The SMILES string of the molecule is N#CC1=C(c2ccc(C(F)(F)F)cc2)N=C(Br)C1(Br)C(=O)O. The van der Waals surface area contributed by atoms with E-state index >= 15 is 0 Å². The van der Waals surface area contributed by atoms with Crippen LogP contribution in [0.15, 0.2) is 34.8 Å². The first kappa shape index (κ1) is 16.7. The molecule has 1 aliphatic heterocycles. The number of hydrogen-bond donors (Lipinski definition) is 1. The summed E-state index contributed by atoms with van der Waals surface area (Å²) in [5.74, 6) is -1.36. The van der Waals surface area contributed by atoms with Gasteiger partial charge in [0.2, 0.25) is 4.32 Å². The van der Waals surface area contributed by atoms with Gasteiger partial charge in [0, 0.05) is 5.56 Å². The minimum atomic E-state index is -4.48. The molecule has 0 spiro atoms. The van der Waals surface area contributed by atoms with Crippen molar-refractivity contribution in [3.8, 4) is 6.07 Å². The summed E-state index contributed by atoms with van der Waals surface area (Å²) in [5.41, 5.74) is -0.849. The second-order valence-electron chi connectivity index (χ2n) is 4.28. The van der Waals surface area contributed by atoms with E-state index in [1.807, 2.05) is 0 Å². The lowest BCUT2D eigenvalue weighted by molar-refractivity contribution is -0.138. The van der Waals surface area contributed by atoms with E-state index in [2.05, 4.69) is 36.9 Å². The first-order valence-corrected chi connectivity index (χ1v) is 7.20. The van der Waals surface area contributed by atoms with E-state index in [0.29, 0.717) is 0 Å². The molecule has 1 aliphatic rings. The largest absolute Gasteiger partial charge is 0.480 e. The molecule has 0 amide bonds. The molecule has 1 N–H and O–H groups in total. The lowest BCUT2D eigenvalue weighted by Crippen LogP contribution is -2.37. The lowest BCUT2D eigenvalue weighted by Gasteiger charge is -2.15. The molecular weight excluding hydrogens is 433 g/mol. The fraction of sp³-hybridized carbons (Fsp3) is 0.154. The molecule has 0 fully saturated rings. The zero-order chi connectivity index (χ0) is 16.7. The zero-order valence-electron chi connectivity index (χ0n) is 10.4. The standard InChI is InChI=1S/C13H5Br2F3N2O2/c14-10-12(15,11(21)22)8(5-19)9(20-10)6-1-3-7(4-2-6)13(16,17)18/h1-4H,(H,21,22). The van der Waals surface area contributed by atoms with Crippen molar-refractivity contribution in [3.05, 3.63) is 41.0 Å². The third-order valence-corrected chi connectivity index (χ3v) is 5.38. The maximum atomic E-state index is 12.5. The van der Waals surface area contributed by atoms with E-state index < -0.39 is 22.0 Å². The Morgan fingerprint density at radius 2 is 1.86 bits per heavy atom. The highest BCUT2D eigenvalue weighted by atomic mass is 79.9. The normalized spacial score (nSPS) is 21.5. The molecule has 9 heteroatoms. The molecule has 1 unspecified atom stereocenters. The number of carbonyl (C=O) groups is 1. The minimum absolute atomic E-state index is 0.00220. The molecule has 1 aromatic carbocycles. The van der Waals surface area contributed by atoms with E-state index in [0.717, 1.165) is 24.3 Å². The number of carboxylic acid groups (broad SMARTS) is 1. The summed E-state index contributed by atoms with van der Waals surface area (Å²) in [6.07, 6.45) is -4.48. The number of aliphatic imine (C=N–C) groups is 1. The van der Waals surface area contributed by atoms with Gasteiger partial charge in [0.25, 0.3) is 0 Å². The van der Waals surface area contributed by atoms with E-state index in [-0.39, 0.29) is 21.5 Å². The first-order valence-electron chi connectivity index (χ1n) is 5.61. The molecular formula is C13H5Br2F3N2O2. The number of aliphatic carboxylic acids is 1. The molecule has 0 bridgehead atoms. The number of halogens is 5. The lowest BCUT2D eigenvalue weighted by atomic mass is 9.98. The van der Waals surface area contributed by atoms with Crippen LogP contribution in [0.25, 0.3) is 5.70 Å². The van der Waals surface area contributed by atoms with Gasteiger partial charge in [-0.05, 0) is 28.1 Å². The predicted octanol–water partition coefficient (Wildman–Crippen LogP) is 3.97. The smallest absolute Gasteiger partial charge is 0.416 e. The Labute approximate surface area is 139 Å². The second kappa shape index (κ2) is 5.52. The maximum Gasteiger partial charge on any atom is 0.416 e. The predicted molar refractivity (Wildman–Crippen MR) is 79.6 cm³/mol. The Hall–Kier alpha value is -1.66. The van der Waals surface area contributed by atoms with Crippen molar-refractivity contribution < 1.29 is 23.1 Å². The number of benzene rings is 1. The number of nitriles is 1. The van der Waals surface area contributed by atoms with Gasteiger partial charge < -0.3 is 5.11 Å². The summed E-state index contributed by atoms with van der Waals surface area (Å²) in [6.45, 7) is 0. The van der Waals surface area contributed by atoms with Gasteiger partial charge in [-0.15, -0.1) is 0 Å². The van der Waals surface area contributed by atoms with E-state index in [4.69, 9.17) is 0 Å². The number of hydrogen-bond acceptors (Lipinski definition) is 3. The molecule has 114 valence electrons. The van der Waals surface area contributed by atoms with Crippen LogP contribution in [-0.4, -0.2) is 20.0 Å². The number of carboxylic acids is 1. The Morgan fingerprint density at radius 3 is 2.27 bits per heavy atom. The molecule has 1 atom stereocenters. The molecule has 1 aromatic rings. The van der Waals surface area contributed by atoms with Crippen molar-refractivity contribution in [1.82, 2.24) is 0 Å². The molecule has 0 radical (unpaired) electrons. The molecule has 0 saturated carbocycles. The summed E-state index contributed by atoms with van der Waals surface area (Å²) >= 11 is 5.92. The highest BCUT2D eigenvalue weighted by molar-refractivity contribution is 9.20. The topological polar surface area (TPSA) is 73.5 Å². The van der Waals surface area contributed by atoms with E-state index in [1.54, 1.807) is 6.07 Å². The Morgan fingerprint density at radius 1 is 1.32 bits per heavy atom. The van der Waals surface area contributed by atoms with Crippen LogP contribution < -0.4 is 0 Å². The quantitative estimate of drug-likeness (QED) is 0.711. The number of rotatable bonds is 2. The molecule has 1 heterocycles. The fourth-order valence-electron chi connectivity index (χ4n) is 1.85. The highest BCUT2D eigenvalue weighted by Gasteiger charge is 2.50. The van der Waals surface area contributed by atoms with Gasteiger partial charge in [0.15, 0.2) is 0 Å². The number of nitrogens with zero attached hydrogens (tertiary/aromatic N) is 2. The summed E-state index contributed by atoms with van der Waals surface area (Å²) in [5, 5.41) is 18.5. The van der Waals surface area contributed by atoms with Crippen molar-refractivity contribution in [2.45, 2.75) is 10.5 Å². The third kappa shape index (κ3) is 2.57. The average Bonchev–Trinajstić information content (AvgIpc) is 2.71. The minimum Gasteiger partial charge on any atom is -0.480 e. The van der Waals surface area contributed by atoms with Gasteiger partial charge in [-0.1, -0.05) is 28.1 Å². The van der Waals surface area contributed by atoms with Crippen LogP contribution in [0, 0.1) is 11.3 Å². The molecule has 2 rings (SSSR count).